The maximum atomic E-state index is 11.9. The van der Waals surface area contributed by atoms with E-state index < -0.39 is 9.84 Å². The van der Waals surface area contributed by atoms with Crippen LogP contribution in [0.15, 0.2) is 23.2 Å². The van der Waals surface area contributed by atoms with Crippen molar-refractivity contribution in [2.45, 2.75) is 32.9 Å². The van der Waals surface area contributed by atoms with Crippen LogP contribution in [0.3, 0.4) is 0 Å². The lowest BCUT2D eigenvalue weighted by Crippen LogP contribution is -2.39. The Morgan fingerprint density at radius 2 is 2.10 bits per heavy atom. The molecule has 0 aliphatic carbocycles. The van der Waals surface area contributed by atoms with E-state index in [1.165, 1.54) is 5.56 Å². The van der Waals surface area contributed by atoms with Gasteiger partial charge in [-0.3, -0.25) is 4.99 Å². The van der Waals surface area contributed by atoms with Gasteiger partial charge in [0.1, 0.15) is 0 Å². The maximum Gasteiger partial charge on any atom is 0.164 e. The first-order valence-corrected chi connectivity index (χ1v) is 9.99. The molecule has 0 radical (unpaired) electrons. The van der Waals surface area contributed by atoms with Crippen LogP contribution < -0.4 is 4.90 Å². The number of hydrogen-bond acceptors (Lipinski definition) is 5. The van der Waals surface area contributed by atoms with Gasteiger partial charge >= 0.3 is 0 Å². The number of aliphatic imine (C=N–C) groups is 1. The minimum absolute atomic E-state index is 0.0375. The molecule has 0 bridgehead atoms. The van der Waals surface area contributed by atoms with Crippen molar-refractivity contribution in [2.24, 2.45) is 4.99 Å². The third-order valence-corrected chi connectivity index (χ3v) is 6.55. The molecule has 0 spiro atoms. The van der Waals surface area contributed by atoms with Gasteiger partial charge in [0.15, 0.2) is 15.0 Å². The van der Waals surface area contributed by atoms with Gasteiger partial charge in [-0.25, -0.2) is 8.42 Å². The van der Waals surface area contributed by atoms with E-state index in [4.69, 9.17) is 4.99 Å². The molecule has 2 aliphatic rings. The molecule has 2 atom stereocenters. The number of benzene rings is 1. The summed E-state index contributed by atoms with van der Waals surface area (Å²) in [7, 11) is -2.97. The van der Waals surface area contributed by atoms with E-state index in [1.54, 1.807) is 11.8 Å². The Hall–Kier alpha value is -1.01. The Balaban J connectivity index is 2.05. The lowest BCUT2D eigenvalue weighted by molar-refractivity contribution is 0.601. The number of fused-ring (bicyclic) bond motifs is 1. The van der Waals surface area contributed by atoms with Crippen molar-refractivity contribution in [3.63, 3.8) is 0 Å². The summed E-state index contributed by atoms with van der Waals surface area (Å²) in [4.78, 5) is 6.85. The third kappa shape index (κ3) is 2.71. The Morgan fingerprint density at radius 3 is 2.81 bits per heavy atom. The van der Waals surface area contributed by atoms with Gasteiger partial charge < -0.3 is 4.90 Å². The number of hydrogen-bond donors (Lipinski definition) is 0. The molecule has 3 rings (SSSR count). The monoisotopic (exact) mass is 324 g/mol. The molecular weight excluding hydrogens is 304 g/mol. The summed E-state index contributed by atoms with van der Waals surface area (Å²) < 4.78 is 23.9. The molecular formula is C15H20N2O2S2. The Kier molecular flexibility index (Phi) is 3.78. The van der Waals surface area contributed by atoms with E-state index >= 15 is 0 Å². The second-order valence-corrected chi connectivity index (χ2v) is 9.10. The number of nitrogens with zero attached hydrogens (tertiary/aromatic N) is 2. The van der Waals surface area contributed by atoms with Crippen molar-refractivity contribution in [3.05, 3.63) is 29.3 Å². The number of amidine groups is 1. The largest absolute Gasteiger partial charge is 0.315 e. The molecule has 1 aromatic carbocycles. The molecule has 1 aromatic rings. The molecule has 21 heavy (non-hydrogen) atoms. The number of rotatable bonds is 2. The van der Waals surface area contributed by atoms with E-state index in [1.807, 2.05) is 0 Å². The highest BCUT2D eigenvalue weighted by molar-refractivity contribution is 8.14. The normalized spacial score (nSPS) is 26.8. The molecule has 2 heterocycles. The summed E-state index contributed by atoms with van der Waals surface area (Å²) in [6, 6.07) is 6.17. The van der Waals surface area contributed by atoms with E-state index in [0.29, 0.717) is 0 Å². The average Bonchev–Trinajstić information content (AvgIpc) is 2.84. The molecule has 0 saturated carbocycles. The lowest BCUT2D eigenvalue weighted by atomic mass is 10.1. The number of aryl methyl sites for hydroxylation is 2. The van der Waals surface area contributed by atoms with E-state index in [-0.39, 0.29) is 23.6 Å². The van der Waals surface area contributed by atoms with Crippen molar-refractivity contribution in [3.8, 4) is 0 Å². The van der Waals surface area contributed by atoms with Crippen LogP contribution in [0, 0.1) is 13.8 Å². The fourth-order valence-electron chi connectivity index (χ4n) is 3.02. The Morgan fingerprint density at radius 1 is 1.33 bits per heavy atom. The fourth-order valence-corrected chi connectivity index (χ4v) is 5.71. The maximum absolute atomic E-state index is 11.9. The summed E-state index contributed by atoms with van der Waals surface area (Å²) in [5.41, 5.74) is 3.44. The standard InChI is InChI=1S/C15H20N2O2S2/c1-4-20-15-16-12-8-21(18,19)9-14(12)17(15)13-7-10(2)5-6-11(13)3/h5-7,12,14H,4,8-9H2,1-3H3/t12-,14+/m1/s1. The van der Waals surface area contributed by atoms with Crippen LogP contribution in [0.2, 0.25) is 0 Å². The minimum atomic E-state index is -2.97. The zero-order valence-electron chi connectivity index (χ0n) is 12.5. The molecule has 1 saturated heterocycles. The molecule has 4 nitrogen and oxygen atoms in total. The molecule has 114 valence electrons. The van der Waals surface area contributed by atoms with Crippen molar-refractivity contribution in [1.29, 1.82) is 0 Å². The van der Waals surface area contributed by atoms with Gasteiger partial charge in [0, 0.05) is 5.69 Å². The molecule has 2 aliphatic heterocycles. The first-order valence-electron chi connectivity index (χ1n) is 7.19. The molecule has 1 fully saturated rings. The van der Waals surface area contributed by atoms with Gasteiger partial charge in [0.05, 0.1) is 23.6 Å². The molecule has 0 aromatic heterocycles. The SMILES string of the molecule is CCSC1=N[C@@H]2CS(=O)(=O)C[C@@H]2N1c1cc(C)ccc1C. The summed E-state index contributed by atoms with van der Waals surface area (Å²) in [6.07, 6.45) is 0. The van der Waals surface area contributed by atoms with Crippen molar-refractivity contribution in [1.82, 2.24) is 0 Å². The second-order valence-electron chi connectivity index (χ2n) is 5.72. The first-order chi connectivity index (χ1) is 9.91. The molecule has 0 N–H and O–H groups in total. The zero-order valence-corrected chi connectivity index (χ0v) is 14.2. The van der Waals surface area contributed by atoms with Crippen molar-refractivity contribution >= 4 is 32.5 Å². The number of anilines is 1. The smallest absolute Gasteiger partial charge is 0.164 e. The average molecular weight is 324 g/mol. The highest BCUT2D eigenvalue weighted by Crippen LogP contribution is 2.36. The zero-order chi connectivity index (χ0) is 15.2. The van der Waals surface area contributed by atoms with Gasteiger partial charge in [-0.05, 0) is 36.8 Å². The Bertz CT molecular complexity index is 698. The molecule has 0 amide bonds. The van der Waals surface area contributed by atoms with E-state index in [9.17, 15) is 8.42 Å². The predicted octanol–water partition coefficient (Wildman–Crippen LogP) is 2.40. The summed E-state index contributed by atoms with van der Waals surface area (Å²) in [5.74, 6) is 1.33. The number of thioether (sulfide) groups is 1. The van der Waals surface area contributed by atoms with Crippen LogP contribution in [0.1, 0.15) is 18.1 Å². The lowest BCUT2D eigenvalue weighted by Gasteiger charge is -2.28. The van der Waals surface area contributed by atoms with Crippen LogP contribution in [0.5, 0.6) is 0 Å². The van der Waals surface area contributed by atoms with E-state index in [2.05, 4.69) is 43.9 Å². The third-order valence-electron chi connectivity index (χ3n) is 4.01. The molecule has 6 heteroatoms. The van der Waals surface area contributed by atoms with Crippen LogP contribution in [-0.4, -0.2) is 42.9 Å². The summed E-state index contributed by atoms with van der Waals surface area (Å²) in [5, 5.41) is 0.969. The van der Waals surface area contributed by atoms with Crippen LogP contribution in [-0.2, 0) is 9.84 Å². The van der Waals surface area contributed by atoms with Crippen LogP contribution >= 0.6 is 11.8 Å². The predicted molar refractivity (Wildman–Crippen MR) is 90.2 cm³/mol. The van der Waals surface area contributed by atoms with Gasteiger partial charge in [0.25, 0.3) is 0 Å². The summed E-state index contributed by atoms with van der Waals surface area (Å²) >= 11 is 1.69. The first kappa shape index (κ1) is 14.9. The topological polar surface area (TPSA) is 49.7 Å². The fraction of sp³-hybridized carbons (Fsp3) is 0.533. The highest BCUT2D eigenvalue weighted by atomic mass is 32.2. The van der Waals surface area contributed by atoms with E-state index in [0.717, 1.165) is 22.2 Å². The van der Waals surface area contributed by atoms with Gasteiger partial charge in [-0.15, -0.1) is 0 Å². The Labute approximate surface area is 130 Å². The van der Waals surface area contributed by atoms with Crippen molar-refractivity contribution in [2.75, 3.05) is 22.2 Å². The van der Waals surface area contributed by atoms with Crippen LogP contribution in [0.25, 0.3) is 0 Å². The molecule has 0 unspecified atom stereocenters. The second kappa shape index (κ2) is 5.32. The quantitative estimate of drug-likeness (QED) is 0.838. The minimum Gasteiger partial charge on any atom is -0.315 e. The summed E-state index contributed by atoms with van der Waals surface area (Å²) in [6.45, 7) is 6.23. The van der Waals surface area contributed by atoms with Gasteiger partial charge in [-0.1, -0.05) is 30.8 Å². The van der Waals surface area contributed by atoms with Crippen LogP contribution in [0.4, 0.5) is 5.69 Å². The number of sulfone groups is 1. The van der Waals surface area contributed by atoms with Crippen molar-refractivity contribution < 1.29 is 8.42 Å². The van der Waals surface area contributed by atoms with Gasteiger partial charge in [-0.2, -0.15) is 0 Å². The van der Waals surface area contributed by atoms with Gasteiger partial charge in [0.2, 0.25) is 0 Å². The highest BCUT2D eigenvalue weighted by Gasteiger charge is 2.47.